The Hall–Kier alpha value is -2.65. The van der Waals surface area contributed by atoms with E-state index in [-0.39, 0.29) is 6.61 Å². The molecule has 0 aliphatic carbocycles. The highest BCUT2D eigenvalue weighted by atomic mass is 16.3. The zero-order valence-corrected chi connectivity index (χ0v) is 12.5. The number of urea groups is 1. The molecule has 9 heteroatoms. The summed E-state index contributed by atoms with van der Waals surface area (Å²) in [6, 6.07) is 6.14. The van der Waals surface area contributed by atoms with Gasteiger partial charge in [-0.2, -0.15) is 0 Å². The second-order valence-corrected chi connectivity index (χ2v) is 4.94. The van der Waals surface area contributed by atoms with Crippen LogP contribution in [0.2, 0.25) is 0 Å². The third-order valence-corrected chi connectivity index (χ3v) is 3.11. The van der Waals surface area contributed by atoms with Gasteiger partial charge in [-0.25, -0.2) is 10.2 Å². The topological polar surface area (TPSA) is 154 Å². The molecule has 3 atom stereocenters. The minimum Gasteiger partial charge on any atom is -0.396 e. The summed E-state index contributed by atoms with van der Waals surface area (Å²) in [6.45, 7) is 1.17. The largest absolute Gasteiger partial charge is 0.396 e. The number of hydrogen-bond acceptors (Lipinski definition) is 5. The Morgan fingerprint density at radius 2 is 1.78 bits per heavy atom. The van der Waals surface area contributed by atoms with Gasteiger partial charge in [0.15, 0.2) is 6.10 Å². The number of aliphatic hydroxyl groups excluding tert-OH is 2. The van der Waals surface area contributed by atoms with E-state index < -0.39 is 35.9 Å². The normalized spacial score (nSPS) is 14.2. The van der Waals surface area contributed by atoms with Crippen molar-refractivity contribution >= 4 is 17.8 Å². The first-order chi connectivity index (χ1) is 10.9. The predicted molar refractivity (Wildman–Crippen MR) is 80.4 cm³/mol. The van der Waals surface area contributed by atoms with Crippen LogP contribution in [-0.2, 0) is 9.59 Å². The van der Waals surface area contributed by atoms with Gasteiger partial charge >= 0.3 is 6.03 Å². The van der Waals surface area contributed by atoms with Gasteiger partial charge in [0.2, 0.25) is 5.91 Å². The standard InChI is InChI=1S/C14H20N4O5/c1-8(7-19)10(12(15)21)16-14(23)18-17-13(22)11(20)9-5-3-2-4-6-9/h2-6,8,10-11,19-20H,7H2,1H3,(H2,15,21)(H,17,22)(H2,16,18,23). The number of rotatable bonds is 6. The van der Waals surface area contributed by atoms with Crippen molar-refractivity contribution in [2.24, 2.45) is 11.7 Å². The highest BCUT2D eigenvalue weighted by molar-refractivity contribution is 5.88. The molecular formula is C14H20N4O5. The van der Waals surface area contributed by atoms with E-state index in [2.05, 4.69) is 5.32 Å². The Morgan fingerprint density at radius 1 is 1.17 bits per heavy atom. The fourth-order valence-corrected chi connectivity index (χ4v) is 1.75. The molecule has 126 valence electrons. The number of aliphatic hydroxyl groups is 2. The molecule has 0 aromatic heterocycles. The molecular weight excluding hydrogens is 304 g/mol. The number of hydrazine groups is 1. The number of hydrogen-bond donors (Lipinski definition) is 6. The highest BCUT2D eigenvalue weighted by Crippen LogP contribution is 2.11. The summed E-state index contributed by atoms with van der Waals surface area (Å²) in [5.74, 6) is -2.27. The van der Waals surface area contributed by atoms with Crippen LogP contribution in [-0.4, -0.2) is 40.7 Å². The van der Waals surface area contributed by atoms with Gasteiger partial charge in [0.1, 0.15) is 6.04 Å². The lowest BCUT2D eigenvalue weighted by Crippen LogP contribution is -2.56. The van der Waals surface area contributed by atoms with Gasteiger partial charge in [0.25, 0.3) is 5.91 Å². The number of nitrogens with two attached hydrogens (primary N) is 1. The van der Waals surface area contributed by atoms with Crippen molar-refractivity contribution in [1.82, 2.24) is 16.2 Å². The molecule has 4 amide bonds. The molecule has 1 aromatic carbocycles. The van der Waals surface area contributed by atoms with Crippen molar-refractivity contribution in [2.45, 2.75) is 19.1 Å². The first kappa shape index (κ1) is 18.4. The Labute approximate surface area is 132 Å². The molecule has 0 saturated carbocycles. The summed E-state index contributed by atoms with van der Waals surface area (Å²) in [5, 5.41) is 21.0. The first-order valence-corrected chi connectivity index (χ1v) is 6.86. The molecule has 0 spiro atoms. The SMILES string of the molecule is CC(CO)C(NC(=O)NNC(=O)C(O)c1ccccc1)C(N)=O. The molecule has 0 fully saturated rings. The summed E-state index contributed by atoms with van der Waals surface area (Å²) >= 11 is 0. The van der Waals surface area contributed by atoms with Crippen LogP contribution >= 0.6 is 0 Å². The monoisotopic (exact) mass is 324 g/mol. The van der Waals surface area contributed by atoms with E-state index in [0.717, 1.165) is 0 Å². The van der Waals surface area contributed by atoms with Crippen LogP contribution in [0.15, 0.2) is 30.3 Å². The predicted octanol–water partition coefficient (Wildman–Crippen LogP) is -1.47. The Bertz CT molecular complexity index is 551. The lowest BCUT2D eigenvalue weighted by Gasteiger charge is -2.21. The quantitative estimate of drug-likeness (QED) is 0.353. The van der Waals surface area contributed by atoms with E-state index >= 15 is 0 Å². The maximum absolute atomic E-state index is 11.7. The molecule has 23 heavy (non-hydrogen) atoms. The Balaban J connectivity index is 2.52. The molecule has 0 aliphatic rings. The fourth-order valence-electron chi connectivity index (χ4n) is 1.75. The van der Waals surface area contributed by atoms with Gasteiger partial charge in [-0.3, -0.25) is 15.0 Å². The minimum absolute atomic E-state index is 0.354. The van der Waals surface area contributed by atoms with Crippen LogP contribution < -0.4 is 21.9 Å². The third kappa shape index (κ3) is 5.57. The van der Waals surface area contributed by atoms with E-state index in [4.69, 9.17) is 10.8 Å². The molecule has 9 nitrogen and oxygen atoms in total. The van der Waals surface area contributed by atoms with Gasteiger partial charge in [0.05, 0.1) is 0 Å². The van der Waals surface area contributed by atoms with Crippen LogP contribution in [0.5, 0.6) is 0 Å². The molecule has 3 unspecified atom stereocenters. The second-order valence-electron chi connectivity index (χ2n) is 4.94. The van der Waals surface area contributed by atoms with Crippen molar-refractivity contribution in [2.75, 3.05) is 6.61 Å². The van der Waals surface area contributed by atoms with Crippen molar-refractivity contribution in [3.05, 3.63) is 35.9 Å². The lowest BCUT2D eigenvalue weighted by molar-refractivity contribution is -0.130. The highest BCUT2D eigenvalue weighted by Gasteiger charge is 2.25. The number of benzene rings is 1. The van der Waals surface area contributed by atoms with Crippen LogP contribution in [0.3, 0.4) is 0 Å². The zero-order chi connectivity index (χ0) is 17.4. The van der Waals surface area contributed by atoms with E-state index in [1.807, 2.05) is 10.9 Å². The minimum atomic E-state index is -1.46. The third-order valence-electron chi connectivity index (χ3n) is 3.11. The molecule has 0 saturated heterocycles. The Kier molecular flexibility index (Phi) is 6.97. The van der Waals surface area contributed by atoms with Gasteiger partial charge in [-0.15, -0.1) is 0 Å². The van der Waals surface area contributed by atoms with Crippen LogP contribution in [0, 0.1) is 5.92 Å². The van der Waals surface area contributed by atoms with Gasteiger partial charge in [0, 0.05) is 12.5 Å². The number of amides is 4. The van der Waals surface area contributed by atoms with E-state index in [0.29, 0.717) is 5.56 Å². The summed E-state index contributed by atoms with van der Waals surface area (Å²) in [7, 11) is 0. The summed E-state index contributed by atoms with van der Waals surface area (Å²) in [6.07, 6.45) is -1.46. The lowest BCUT2D eigenvalue weighted by atomic mass is 10.0. The molecule has 0 bridgehead atoms. The summed E-state index contributed by atoms with van der Waals surface area (Å²) in [4.78, 5) is 34.6. The number of carbonyl (C=O) groups is 3. The van der Waals surface area contributed by atoms with Crippen LogP contribution in [0.1, 0.15) is 18.6 Å². The van der Waals surface area contributed by atoms with Gasteiger partial charge in [-0.05, 0) is 5.56 Å². The van der Waals surface area contributed by atoms with E-state index in [1.54, 1.807) is 30.3 Å². The molecule has 0 radical (unpaired) electrons. The van der Waals surface area contributed by atoms with Crippen molar-refractivity contribution in [3.8, 4) is 0 Å². The van der Waals surface area contributed by atoms with Crippen LogP contribution in [0.25, 0.3) is 0 Å². The number of carbonyl (C=O) groups excluding carboxylic acids is 3. The van der Waals surface area contributed by atoms with Crippen molar-refractivity contribution in [1.29, 1.82) is 0 Å². The molecule has 1 rings (SSSR count). The molecule has 0 heterocycles. The van der Waals surface area contributed by atoms with E-state index in [1.165, 1.54) is 6.92 Å². The van der Waals surface area contributed by atoms with Gasteiger partial charge in [-0.1, -0.05) is 37.3 Å². The fraction of sp³-hybridized carbons (Fsp3) is 0.357. The number of primary amides is 1. The maximum Gasteiger partial charge on any atom is 0.334 e. The van der Waals surface area contributed by atoms with Crippen molar-refractivity contribution in [3.63, 3.8) is 0 Å². The molecule has 1 aromatic rings. The average molecular weight is 324 g/mol. The Morgan fingerprint density at radius 3 is 2.30 bits per heavy atom. The van der Waals surface area contributed by atoms with E-state index in [9.17, 15) is 19.5 Å². The van der Waals surface area contributed by atoms with Gasteiger partial charge < -0.3 is 21.3 Å². The summed E-state index contributed by atoms with van der Waals surface area (Å²) < 4.78 is 0. The zero-order valence-electron chi connectivity index (χ0n) is 12.5. The number of nitrogens with one attached hydrogen (secondary N) is 3. The smallest absolute Gasteiger partial charge is 0.334 e. The maximum atomic E-state index is 11.7. The first-order valence-electron chi connectivity index (χ1n) is 6.86. The van der Waals surface area contributed by atoms with Crippen molar-refractivity contribution < 1.29 is 24.6 Å². The molecule has 0 aliphatic heterocycles. The van der Waals surface area contributed by atoms with Crippen LogP contribution in [0.4, 0.5) is 4.79 Å². The average Bonchev–Trinajstić information content (AvgIpc) is 2.56. The second kappa shape index (κ2) is 8.71. The summed E-state index contributed by atoms with van der Waals surface area (Å²) in [5.41, 5.74) is 9.49. The molecule has 7 N–H and O–H groups in total.